The number of rotatable bonds is 5. The summed E-state index contributed by atoms with van der Waals surface area (Å²) in [6.07, 6.45) is 1.12. The van der Waals surface area contributed by atoms with Crippen LogP contribution >= 0.6 is 39.1 Å². The minimum atomic E-state index is -0.0223. The summed E-state index contributed by atoms with van der Waals surface area (Å²) in [4.78, 5) is 0.118. The summed E-state index contributed by atoms with van der Waals surface area (Å²) in [5, 5.41) is 0. The van der Waals surface area contributed by atoms with Crippen LogP contribution in [0.25, 0.3) is 0 Å². The molecule has 1 fully saturated rings. The third-order valence-corrected chi connectivity index (χ3v) is 3.88. The van der Waals surface area contributed by atoms with Gasteiger partial charge in [-0.2, -0.15) is 0 Å². The van der Waals surface area contributed by atoms with Crippen LogP contribution < -0.4 is 0 Å². The summed E-state index contributed by atoms with van der Waals surface area (Å²) in [6.45, 7) is 1.46. The first-order chi connectivity index (χ1) is 6.27. The van der Waals surface area contributed by atoms with E-state index in [9.17, 15) is 0 Å². The third-order valence-electron chi connectivity index (χ3n) is 1.96. The minimum Gasteiger partial charge on any atom is -0.379 e. The zero-order chi connectivity index (χ0) is 9.68. The first-order valence-corrected chi connectivity index (χ1v) is 6.25. The van der Waals surface area contributed by atoms with Crippen LogP contribution in [0.3, 0.4) is 0 Å². The van der Waals surface area contributed by atoms with E-state index in [0.29, 0.717) is 18.4 Å². The lowest BCUT2D eigenvalue weighted by atomic mass is 10.2. The Morgan fingerprint density at radius 1 is 1.46 bits per heavy atom. The first kappa shape index (κ1) is 12.1. The molecule has 13 heavy (non-hydrogen) atoms. The average molecular weight is 292 g/mol. The molecule has 1 aliphatic rings. The normalized spacial score (nSPS) is 27.5. The molecule has 0 N–H and O–H groups in total. The molecule has 1 rings (SSSR count). The van der Waals surface area contributed by atoms with Crippen LogP contribution in [0, 0.1) is 0 Å². The van der Waals surface area contributed by atoms with E-state index in [-0.39, 0.29) is 17.0 Å². The molecule has 1 heterocycles. The van der Waals surface area contributed by atoms with Crippen molar-refractivity contribution in [1.82, 2.24) is 0 Å². The van der Waals surface area contributed by atoms with E-state index < -0.39 is 0 Å². The molecule has 0 amide bonds. The van der Waals surface area contributed by atoms with E-state index in [1.807, 2.05) is 0 Å². The molecule has 0 aliphatic carbocycles. The highest BCUT2D eigenvalue weighted by Crippen LogP contribution is 2.18. The van der Waals surface area contributed by atoms with Crippen molar-refractivity contribution in [2.45, 2.75) is 23.5 Å². The van der Waals surface area contributed by atoms with Gasteiger partial charge in [0.1, 0.15) is 0 Å². The lowest BCUT2D eigenvalue weighted by Crippen LogP contribution is -2.32. The van der Waals surface area contributed by atoms with Gasteiger partial charge < -0.3 is 9.47 Å². The van der Waals surface area contributed by atoms with Gasteiger partial charge in [-0.3, -0.25) is 0 Å². The zero-order valence-electron chi connectivity index (χ0n) is 7.22. The van der Waals surface area contributed by atoms with E-state index >= 15 is 0 Å². The topological polar surface area (TPSA) is 18.5 Å². The lowest BCUT2D eigenvalue weighted by molar-refractivity contribution is -0.00218. The fourth-order valence-electron chi connectivity index (χ4n) is 1.19. The Labute approximate surface area is 97.0 Å². The van der Waals surface area contributed by atoms with Crippen molar-refractivity contribution in [3.63, 3.8) is 0 Å². The number of hydrogen-bond acceptors (Lipinski definition) is 2. The molecular weight excluding hydrogens is 279 g/mol. The Morgan fingerprint density at radius 3 is 2.69 bits per heavy atom. The van der Waals surface area contributed by atoms with Crippen molar-refractivity contribution in [3.05, 3.63) is 0 Å². The van der Waals surface area contributed by atoms with E-state index in [0.717, 1.165) is 13.0 Å². The largest absolute Gasteiger partial charge is 0.379 e. The number of hydrogen-bond donors (Lipinski definition) is 0. The highest BCUT2D eigenvalue weighted by molar-refractivity contribution is 9.09. The average Bonchev–Trinajstić information content (AvgIpc) is 2.65. The van der Waals surface area contributed by atoms with Gasteiger partial charge in [-0.15, -0.1) is 23.2 Å². The lowest BCUT2D eigenvalue weighted by Gasteiger charge is -2.22. The van der Waals surface area contributed by atoms with Crippen LogP contribution in [0.1, 0.15) is 6.42 Å². The van der Waals surface area contributed by atoms with Gasteiger partial charge in [0.05, 0.1) is 23.6 Å². The molecule has 1 saturated heterocycles. The quantitative estimate of drug-likeness (QED) is 0.724. The van der Waals surface area contributed by atoms with Crippen LogP contribution in [-0.4, -0.2) is 42.0 Å². The maximum absolute atomic E-state index is 5.77. The highest BCUT2D eigenvalue weighted by atomic mass is 79.9. The second-order valence-electron chi connectivity index (χ2n) is 2.98. The van der Waals surface area contributed by atoms with Crippen molar-refractivity contribution in [3.8, 4) is 0 Å². The maximum Gasteiger partial charge on any atom is 0.0851 e. The van der Waals surface area contributed by atoms with Crippen LogP contribution in [0.5, 0.6) is 0 Å². The van der Waals surface area contributed by atoms with Crippen molar-refractivity contribution in [2.24, 2.45) is 0 Å². The number of halogens is 3. The summed E-state index contributed by atoms with van der Waals surface area (Å²) >= 11 is 14.9. The molecule has 0 aromatic rings. The smallest absolute Gasteiger partial charge is 0.0851 e. The Bertz CT molecular complexity index is 142. The molecule has 0 saturated carbocycles. The molecule has 5 heteroatoms. The summed E-state index contributed by atoms with van der Waals surface area (Å²) in [5.41, 5.74) is 0. The fraction of sp³-hybridized carbons (Fsp3) is 1.00. The van der Waals surface area contributed by atoms with Gasteiger partial charge in [0, 0.05) is 18.4 Å². The number of alkyl halides is 3. The monoisotopic (exact) mass is 290 g/mol. The van der Waals surface area contributed by atoms with Crippen molar-refractivity contribution < 1.29 is 9.47 Å². The molecule has 0 bridgehead atoms. The van der Waals surface area contributed by atoms with Crippen molar-refractivity contribution in [1.29, 1.82) is 0 Å². The zero-order valence-corrected chi connectivity index (χ0v) is 10.3. The molecular formula is C8H13BrCl2O2. The highest BCUT2D eigenvalue weighted by Gasteiger charge is 2.24. The molecule has 1 aliphatic heterocycles. The van der Waals surface area contributed by atoms with E-state index in [2.05, 4.69) is 15.9 Å². The van der Waals surface area contributed by atoms with E-state index in [1.54, 1.807) is 0 Å². The Hall–Kier alpha value is 0.980. The van der Waals surface area contributed by atoms with Gasteiger partial charge >= 0.3 is 0 Å². The maximum atomic E-state index is 5.77. The minimum absolute atomic E-state index is 0.0223. The second kappa shape index (κ2) is 6.46. The molecule has 78 valence electrons. The Morgan fingerprint density at radius 2 is 2.23 bits per heavy atom. The SMILES string of the molecule is ClCC(Br)C(CCl)OC1CCOC1. The third kappa shape index (κ3) is 3.92. The van der Waals surface area contributed by atoms with Gasteiger partial charge in [-0.1, -0.05) is 15.9 Å². The van der Waals surface area contributed by atoms with Gasteiger partial charge in [0.2, 0.25) is 0 Å². The summed E-state index contributed by atoms with van der Waals surface area (Å²) < 4.78 is 10.9. The summed E-state index contributed by atoms with van der Waals surface area (Å²) in [6, 6.07) is 0. The number of ether oxygens (including phenoxy) is 2. The van der Waals surface area contributed by atoms with E-state index in [1.165, 1.54) is 0 Å². The van der Waals surface area contributed by atoms with Crippen molar-refractivity contribution >= 4 is 39.1 Å². The molecule has 0 spiro atoms. The van der Waals surface area contributed by atoms with Crippen LogP contribution in [-0.2, 0) is 9.47 Å². The van der Waals surface area contributed by atoms with Gasteiger partial charge in [0.25, 0.3) is 0 Å². The Balaban J connectivity index is 2.29. The van der Waals surface area contributed by atoms with Gasteiger partial charge in [-0.25, -0.2) is 0 Å². The van der Waals surface area contributed by atoms with Crippen LogP contribution in [0.4, 0.5) is 0 Å². The van der Waals surface area contributed by atoms with Crippen LogP contribution in [0.15, 0.2) is 0 Å². The van der Waals surface area contributed by atoms with Crippen molar-refractivity contribution in [2.75, 3.05) is 25.0 Å². The summed E-state index contributed by atoms with van der Waals surface area (Å²) in [5.74, 6) is 0.962. The summed E-state index contributed by atoms with van der Waals surface area (Å²) in [7, 11) is 0. The molecule has 0 aromatic carbocycles. The molecule has 3 unspecified atom stereocenters. The fourth-order valence-corrected chi connectivity index (χ4v) is 2.20. The molecule has 0 radical (unpaired) electrons. The molecule has 3 atom stereocenters. The Kier molecular flexibility index (Phi) is 5.99. The van der Waals surface area contributed by atoms with Gasteiger partial charge in [0.15, 0.2) is 0 Å². The molecule has 0 aromatic heterocycles. The standard InChI is InChI=1S/C8H13BrCl2O2/c9-7(3-10)8(4-11)13-6-1-2-12-5-6/h6-8H,1-5H2. The predicted octanol–water partition coefficient (Wildman–Crippen LogP) is 2.40. The van der Waals surface area contributed by atoms with E-state index in [4.69, 9.17) is 32.7 Å². The van der Waals surface area contributed by atoms with Gasteiger partial charge in [-0.05, 0) is 6.42 Å². The van der Waals surface area contributed by atoms with Crippen LogP contribution in [0.2, 0.25) is 0 Å². The second-order valence-corrected chi connectivity index (χ2v) is 4.78. The first-order valence-electron chi connectivity index (χ1n) is 4.27. The molecule has 2 nitrogen and oxygen atoms in total. The predicted molar refractivity (Wildman–Crippen MR) is 58.3 cm³/mol.